The number of furan rings is 1. The van der Waals surface area contributed by atoms with Gasteiger partial charge in [-0.2, -0.15) is 4.98 Å². The van der Waals surface area contributed by atoms with E-state index in [2.05, 4.69) is 29.3 Å². The summed E-state index contributed by atoms with van der Waals surface area (Å²) in [6.45, 7) is 6.16. The highest BCUT2D eigenvalue weighted by molar-refractivity contribution is 5.94. The molecule has 1 atom stereocenters. The quantitative estimate of drug-likeness (QED) is 0.209. The molecule has 8 nitrogen and oxygen atoms in total. The molecule has 1 unspecified atom stereocenters. The standard InChI is InChI=1S/C32H28FN3O5/c1-18(2)21-9-11-22(12-10-21)27-14-15-28(40-27)30(37)34-26(32(38)39)17-20-6-13-25(33)24(16-20)29-35-31(41-36-29)23-7-4-19(3)5-8-23/h4-16,18,26H,17H2,1-3H3,(H,34,37)(H,38,39). The molecule has 3 aromatic carbocycles. The molecule has 0 fully saturated rings. The normalized spacial score (nSPS) is 11.9. The minimum atomic E-state index is -1.30. The molecule has 0 saturated heterocycles. The van der Waals surface area contributed by atoms with Crippen LogP contribution in [0.25, 0.3) is 34.2 Å². The van der Waals surface area contributed by atoms with Crippen LogP contribution in [0.5, 0.6) is 0 Å². The van der Waals surface area contributed by atoms with Crippen molar-refractivity contribution in [2.45, 2.75) is 39.2 Å². The number of carboxylic acids is 1. The van der Waals surface area contributed by atoms with E-state index in [1.54, 1.807) is 6.07 Å². The number of aryl methyl sites for hydroxylation is 1. The van der Waals surface area contributed by atoms with E-state index < -0.39 is 23.7 Å². The van der Waals surface area contributed by atoms with Crippen molar-refractivity contribution in [3.05, 3.63) is 107 Å². The van der Waals surface area contributed by atoms with Crippen LogP contribution in [0.3, 0.4) is 0 Å². The predicted molar refractivity (Wildman–Crippen MR) is 151 cm³/mol. The Hall–Kier alpha value is -5.05. The van der Waals surface area contributed by atoms with Crippen LogP contribution >= 0.6 is 0 Å². The molecule has 9 heteroatoms. The molecule has 0 aliphatic heterocycles. The first-order valence-electron chi connectivity index (χ1n) is 13.1. The zero-order valence-corrected chi connectivity index (χ0v) is 22.7. The van der Waals surface area contributed by atoms with E-state index in [0.717, 1.165) is 11.1 Å². The second-order valence-corrected chi connectivity index (χ2v) is 10.1. The van der Waals surface area contributed by atoms with Gasteiger partial charge in [0.25, 0.3) is 11.8 Å². The summed E-state index contributed by atoms with van der Waals surface area (Å²) >= 11 is 0. The molecule has 0 radical (unpaired) electrons. The van der Waals surface area contributed by atoms with Gasteiger partial charge in [0.1, 0.15) is 17.6 Å². The van der Waals surface area contributed by atoms with Crippen LogP contribution in [0.2, 0.25) is 0 Å². The number of nitrogens with one attached hydrogen (secondary N) is 1. The van der Waals surface area contributed by atoms with Crippen molar-refractivity contribution in [2.24, 2.45) is 0 Å². The molecule has 5 rings (SSSR count). The lowest BCUT2D eigenvalue weighted by Crippen LogP contribution is -2.42. The lowest BCUT2D eigenvalue weighted by atomic mass is 10.0. The highest BCUT2D eigenvalue weighted by Crippen LogP contribution is 2.27. The summed E-state index contributed by atoms with van der Waals surface area (Å²) in [6, 6.07) is 21.2. The van der Waals surface area contributed by atoms with E-state index in [9.17, 15) is 19.1 Å². The van der Waals surface area contributed by atoms with E-state index in [1.165, 1.54) is 29.8 Å². The van der Waals surface area contributed by atoms with Gasteiger partial charge in [0.15, 0.2) is 5.76 Å². The number of halogens is 1. The number of aromatic nitrogens is 2. The summed E-state index contributed by atoms with van der Waals surface area (Å²) in [5.74, 6) is -1.40. The van der Waals surface area contributed by atoms with Crippen molar-refractivity contribution >= 4 is 11.9 Å². The van der Waals surface area contributed by atoms with Crippen molar-refractivity contribution in [1.29, 1.82) is 0 Å². The molecule has 1 amide bonds. The highest BCUT2D eigenvalue weighted by atomic mass is 19.1. The Labute approximate surface area is 235 Å². The molecule has 0 aliphatic carbocycles. The molecule has 5 aromatic rings. The topological polar surface area (TPSA) is 118 Å². The largest absolute Gasteiger partial charge is 0.480 e. The van der Waals surface area contributed by atoms with Crippen molar-refractivity contribution in [2.75, 3.05) is 0 Å². The maximum atomic E-state index is 14.7. The molecule has 2 N–H and O–H groups in total. The van der Waals surface area contributed by atoms with Crippen LogP contribution in [0.15, 0.2) is 87.8 Å². The van der Waals surface area contributed by atoms with E-state index in [1.807, 2.05) is 55.5 Å². The molecule has 0 aliphatic rings. The number of carboxylic acid groups (broad SMARTS) is 1. The summed E-state index contributed by atoms with van der Waals surface area (Å²) in [6.07, 6.45) is -0.110. The zero-order chi connectivity index (χ0) is 29.1. The van der Waals surface area contributed by atoms with Crippen LogP contribution in [0.4, 0.5) is 4.39 Å². The molecule has 41 heavy (non-hydrogen) atoms. The molecular weight excluding hydrogens is 525 g/mol. The lowest BCUT2D eigenvalue weighted by molar-refractivity contribution is -0.139. The molecule has 208 valence electrons. The Morgan fingerprint density at radius 2 is 1.66 bits per heavy atom. The number of rotatable bonds is 9. The van der Waals surface area contributed by atoms with Crippen LogP contribution in [0, 0.1) is 12.7 Å². The summed E-state index contributed by atoms with van der Waals surface area (Å²) < 4.78 is 25.8. The number of carbonyl (C=O) groups excluding carboxylic acids is 1. The Morgan fingerprint density at radius 3 is 2.34 bits per heavy atom. The summed E-state index contributed by atoms with van der Waals surface area (Å²) in [5.41, 5.74) is 4.25. The molecule has 2 heterocycles. The van der Waals surface area contributed by atoms with E-state index >= 15 is 0 Å². The third-order valence-electron chi connectivity index (χ3n) is 6.73. The minimum Gasteiger partial charge on any atom is -0.480 e. The molecule has 2 aromatic heterocycles. The van der Waals surface area contributed by atoms with E-state index in [4.69, 9.17) is 8.94 Å². The van der Waals surface area contributed by atoms with Gasteiger partial charge >= 0.3 is 5.97 Å². The summed E-state index contributed by atoms with van der Waals surface area (Å²) in [4.78, 5) is 29.2. The number of hydrogen-bond acceptors (Lipinski definition) is 6. The Bertz CT molecular complexity index is 1690. The van der Waals surface area contributed by atoms with Crippen molar-refractivity contribution in [3.8, 4) is 34.2 Å². The van der Waals surface area contributed by atoms with Gasteiger partial charge in [-0.25, -0.2) is 9.18 Å². The maximum Gasteiger partial charge on any atom is 0.326 e. The van der Waals surface area contributed by atoms with Crippen LogP contribution < -0.4 is 5.32 Å². The van der Waals surface area contributed by atoms with Gasteiger partial charge < -0.3 is 19.4 Å². The molecule has 0 saturated carbocycles. The van der Waals surface area contributed by atoms with Gasteiger partial charge in [0, 0.05) is 17.5 Å². The van der Waals surface area contributed by atoms with Gasteiger partial charge in [-0.1, -0.05) is 67.0 Å². The molecule has 0 spiro atoms. The van der Waals surface area contributed by atoms with Crippen LogP contribution in [0.1, 0.15) is 47.0 Å². The fourth-order valence-electron chi connectivity index (χ4n) is 4.33. The number of carbonyl (C=O) groups is 2. The Balaban J connectivity index is 1.30. The molecular formula is C32H28FN3O5. The SMILES string of the molecule is Cc1ccc(-c2nc(-c3cc(CC(NC(=O)c4ccc(-c5ccc(C(C)C)cc5)o4)C(=O)O)ccc3F)no2)cc1. The first-order chi connectivity index (χ1) is 19.7. The maximum absolute atomic E-state index is 14.7. The Morgan fingerprint density at radius 1 is 0.951 bits per heavy atom. The summed E-state index contributed by atoms with van der Waals surface area (Å²) in [7, 11) is 0. The number of nitrogens with zero attached hydrogens (tertiary/aromatic N) is 2. The fourth-order valence-corrected chi connectivity index (χ4v) is 4.33. The third kappa shape index (κ3) is 6.24. The average molecular weight is 554 g/mol. The van der Waals surface area contributed by atoms with E-state index in [-0.39, 0.29) is 29.5 Å². The monoisotopic (exact) mass is 553 g/mol. The smallest absolute Gasteiger partial charge is 0.326 e. The number of aliphatic carboxylic acids is 1. The van der Waals surface area contributed by atoms with Gasteiger partial charge in [0.05, 0.1) is 5.56 Å². The highest BCUT2D eigenvalue weighted by Gasteiger charge is 2.24. The zero-order valence-electron chi connectivity index (χ0n) is 22.7. The van der Waals surface area contributed by atoms with Crippen molar-refractivity contribution in [1.82, 2.24) is 15.5 Å². The molecule has 0 bridgehead atoms. The first-order valence-corrected chi connectivity index (χ1v) is 13.1. The predicted octanol–water partition coefficient (Wildman–Crippen LogP) is 6.66. The first kappa shape index (κ1) is 27.5. The van der Waals surface area contributed by atoms with Crippen molar-refractivity contribution in [3.63, 3.8) is 0 Å². The van der Waals surface area contributed by atoms with Crippen LogP contribution in [-0.4, -0.2) is 33.2 Å². The lowest BCUT2D eigenvalue weighted by Gasteiger charge is -2.14. The van der Waals surface area contributed by atoms with Crippen molar-refractivity contribution < 1.29 is 28.0 Å². The number of amides is 1. The minimum absolute atomic E-state index is 0.0191. The van der Waals surface area contributed by atoms with Gasteiger partial charge in [-0.05, 0) is 60.4 Å². The average Bonchev–Trinajstić information content (AvgIpc) is 3.65. The van der Waals surface area contributed by atoms with Gasteiger partial charge in [-0.3, -0.25) is 4.79 Å². The number of benzene rings is 3. The summed E-state index contributed by atoms with van der Waals surface area (Å²) in [5, 5.41) is 16.2. The van der Waals surface area contributed by atoms with Gasteiger partial charge in [0.2, 0.25) is 5.82 Å². The van der Waals surface area contributed by atoms with E-state index in [0.29, 0.717) is 22.8 Å². The number of hydrogen-bond donors (Lipinski definition) is 2. The third-order valence-corrected chi connectivity index (χ3v) is 6.73. The van der Waals surface area contributed by atoms with Gasteiger partial charge in [-0.15, -0.1) is 0 Å². The Kier molecular flexibility index (Phi) is 7.78. The fraction of sp³-hybridized carbons (Fsp3) is 0.188. The second kappa shape index (κ2) is 11.6. The second-order valence-electron chi connectivity index (χ2n) is 10.1. The van der Waals surface area contributed by atoms with Crippen LogP contribution in [-0.2, 0) is 11.2 Å².